The van der Waals surface area contributed by atoms with Crippen LogP contribution in [0.25, 0.3) is 0 Å². The molecule has 1 fully saturated rings. The molecule has 116 valence electrons. The first kappa shape index (κ1) is 16.0. The van der Waals surface area contributed by atoms with Crippen LogP contribution >= 0.6 is 0 Å². The van der Waals surface area contributed by atoms with Gasteiger partial charge >= 0.3 is 0 Å². The number of benzene rings is 1. The second kappa shape index (κ2) is 6.16. The van der Waals surface area contributed by atoms with Gasteiger partial charge in [-0.2, -0.15) is 0 Å². The van der Waals surface area contributed by atoms with Crippen molar-refractivity contribution in [3.63, 3.8) is 0 Å². The van der Waals surface area contributed by atoms with Crippen LogP contribution in [0, 0.1) is 34.6 Å². The van der Waals surface area contributed by atoms with E-state index in [1.807, 2.05) is 13.8 Å². The number of aliphatic hydroxyl groups is 1. The van der Waals surface area contributed by atoms with Crippen molar-refractivity contribution in [2.75, 3.05) is 26.3 Å². The van der Waals surface area contributed by atoms with Gasteiger partial charge in [-0.3, -0.25) is 4.79 Å². The summed E-state index contributed by atoms with van der Waals surface area (Å²) in [4.78, 5) is 14.7. The minimum absolute atomic E-state index is 0.0479. The van der Waals surface area contributed by atoms with Gasteiger partial charge in [0, 0.05) is 18.7 Å². The summed E-state index contributed by atoms with van der Waals surface area (Å²) in [7, 11) is 0. The zero-order valence-corrected chi connectivity index (χ0v) is 13.6. The van der Waals surface area contributed by atoms with Crippen LogP contribution in [0.5, 0.6) is 0 Å². The molecular formula is C17H25NO3. The van der Waals surface area contributed by atoms with E-state index < -0.39 is 0 Å². The molecule has 1 saturated heterocycles. The molecule has 21 heavy (non-hydrogen) atoms. The number of aliphatic hydroxyl groups excluding tert-OH is 1. The molecule has 2 rings (SSSR count). The van der Waals surface area contributed by atoms with Gasteiger partial charge in [-0.15, -0.1) is 0 Å². The Morgan fingerprint density at radius 3 is 2.14 bits per heavy atom. The summed E-state index contributed by atoms with van der Waals surface area (Å²) < 4.78 is 5.43. The van der Waals surface area contributed by atoms with Crippen LogP contribution in [0.1, 0.15) is 38.2 Å². The zero-order valence-electron chi connectivity index (χ0n) is 13.6. The summed E-state index contributed by atoms with van der Waals surface area (Å²) in [6, 6.07) is 0. The van der Waals surface area contributed by atoms with Crippen LogP contribution < -0.4 is 0 Å². The third-order valence-electron chi connectivity index (χ3n) is 4.84. The van der Waals surface area contributed by atoms with Gasteiger partial charge in [-0.1, -0.05) is 0 Å². The van der Waals surface area contributed by atoms with Gasteiger partial charge in [0.2, 0.25) is 0 Å². The van der Waals surface area contributed by atoms with Gasteiger partial charge in [0.05, 0.1) is 19.3 Å². The molecular weight excluding hydrogens is 266 g/mol. The lowest BCUT2D eigenvalue weighted by Gasteiger charge is -2.33. The van der Waals surface area contributed by atoms with E-state index in [2.05, 4.69) is 20.8 Å². The molecule has 0 spiro atoms. The van der Waals surface area contributed by atoms with Crippen LogP contribution in [-0.4, -0.2) is 48.3 Å². The molecule has 0 aromatic heterocycles. The standard InChI is InChI=1S/C17H25NO3/c1-10-11(2)13(4)16(14(5)12(10)3)17(20)18-6-7-21-15(8-18)9-19/h15,19H,6-9H2,1-5H3. The Bertz CT molecular complexity index is 537. The monoisotopic (exact) mass is 291 g/mol. The van der Waals surface area contributed by atoms with Crippen molar-refractivity contribution in [3.8, 4) is 0 Å². The molecule has 0 bridgehead atoms. The lowest BCUT2D eigenvalue weighted by atomic mass is 9.89. The highest BCUT2D eigenvalue weighted by molar-refractivity contribution is 5.98. The van der Waals surface area contributed by atoms with Gasteiger partial charge in [0.25, 0.3) is 5.91 Å². The summed E-state index contributed by atoms with van der Waals surface area (Å²) in [6.45, 7) is 11.8. The molecule has 1 aliphatic rings. The number of carbonyl (C=O) groups is 1. The smallest absolute Gasteiger partial charge is 0.254 e. The average Bonchev–Trinajstić information content (AvgIpc) is 2.51. The topological polar surface area (TPSA) is 49.8 Å². The third kappa shape index (κ3) is 2.83. The van der Waals surface area contributed by atoms with Gasteiger partial charge in [-0.05, 0) is 62.4 Å². The Hall–Kier alpha value is -1.39. The van der Waals surface area contributed by atoms with Crippen molar-refractivity contribution >= 4 is 5.91 Å². The van der Waals surface area contributed by atoms with Crippen molar-refractivity contribution in [3.05, 3.63) is 33.4 Å². The van der Waals surface area contributed by atoms with E-state index in [1.165, 1.54) is 16.7 Å². The summed E-state index contributed by atoms with van der Waals surface area (Å²) in [6.07, 6.45) is -0.268. The van der Waals surface area contributed by atoms with Gasteiger partial charge < -0.3 is 14.7 Å². The van der Waals surface area contributed by atoms with Gasteiger partial charge in [0.1, 0.15) is 0 Å². The number of nitrogens with zero attached hydrogens (tertiary/aromatic N) is 1. The normalized spacial score (nSPS) is 19.0. The van der Waals surface area contributed by atoms with E-state index in [0.29, 0.717) is 19.7 Å². The molecule has 1 aliphatic heterocycles. The maximum Gasteiger partial charge on any atom is 0.254 e. The van der Waals surface area contributed by atoms with Crippen LogP contribution in [0.4, 0.5) is 0 Å². The largest absolute Gasteiger partial charge is 0.394 e. The van der Waals surface area contributed by atoms with Crippen molar-refractivity contribution < 1.29 is 14.6 Å². The second-order valence-corrected chi connectivity index (χ2v) is 5.93. The summed E-state index contributed by atoms with van der Waals surface area (Å²) in [5.41, 5.74) is 6.58. The molecule has 1 atom stereocenters. The van der Waals surface area contributed by atoms with Crippen LogP contribution in [0.2, 0.25) is 0 Å². The van der Waals surface area contributed by atoms with E-state index >= 15 is 0 Å². The maximum atomic E-state index is 12.9. The predicted octanol–water partition coefficient (Wildman–Crippen LogP) is 2.06. The molecule has 4 heteroatoms. The Morgan fingerprint density at radius 1 is 1.10 bits per heavy atom. The summed E-state index contributed by atoms with van der Waals surface area (Å²) in [5.74, 6) is 0.0537. The molecule has 0 radical (unpaired) electrons. The Labute approximate surface area is 126 Å². The van der Waals surface area contributed by atoms with Crippen molar-refractivity contribution in [2.45, 2.75) is 40.7 Å². The first-order valence-electron chi connectivity index (χ1n) is 7.47. The number of morpholine rings is 1. The predicted molar refractivity (Wildman–Crippen MR) is 82.9 cm³/mol. The quantitative estimate of drug-likeness (QED) is 0.907. The van der Waals surface area contributed by atoms with E-state index in [0.717, 1.165) is 16.7 Å². The first-order chi connectivity index (χ1) is 9.88. The number of amides is 1. The van der Waals surface area contributed by atoms with E-state index in [9.17, 15) is 9.90 Å². The molecule has 0 aliphatic carbocycles. The summed E-state index contributed by atoms with van der Waals surface area (Å²) in [5, 5.41) is 9.23. The number of ether oxygens (including phenoxy) is 1. The third-order valence-corrected chi connectivity index (χ3v) is 4.84. The molecule has 1 heterocycles. The van der Waals surface area contributed by atoms with Crippen molar-refractivity contribution in [1.29, 1.82) is 0 Å². The Kier molecular flexibility index (Phi) is 4.69. The molecule has 1 N–H and O–H groups in total. The lowest BCUT2D eigenvalue weighted by molar-refractivity contribution is -0.0447. The van der Waals surface area contributed by atoms with Crippen LogP contribution in [0.3, 0.4) is 0 Å². The molecule has 1 unspecified atom stereocenters. The van der Waals surface area contributed by atoms with E-state index in [4.69, 9.17) is 4.74 Å². The fourth-order valence-corrected chi connectivity index (χ4v) is 2.99. The highest BCUT2D eigenvalue weighted by Gasteiger charge is 2.27. The number of hydrogen-bond donors (Lipinski definition) is 1. The minimum Gasteiger partial charge on any atom is -0.394 e. The van der Waals surface area contributed by atoms with Crippen molar-refractivity contribution in [1.82, 2.24) is 4.90 Å². The second-order valence-electron chi connectivity index (χ2n) is 5.93. The maximum absolute atomic E-state index is 12.9. The SMILES string of the molecule is Cc1c(C)c(C)c(C(=O)N2CCOC(CO)C2)c(C)c1C. The van der Waals surface area contributed by atoms with Crippen molar-refractivity contribution in [2.24, 2.45) is 0 Å². The molecule has 1 aromatic rings. The van der Waals surface area contributed by atoms with Gasteiger partial charge in [0.15, 0.2) is 0 Å². The van der Waals surface area contributed by atoms with E-state index in [-0.39, 0.29) is 18.6 Å². The zero-order chi connectivity index (χ0) is 15.7. The number of carbonyl (C=O) groups excluding carboxylic acids is 1. The number of hydrogen-bond acceptors (Lipinski definition) is 3. The highest BCUT2D eigenvalue weighted by Crippen LogP contribution is 2.27. The molecule has 0 saturated carbocycles. The fraction of sp³-hybridized carbons (Fsp3) is 0.588. The van der Waals surface area contributed by atoms with Crippen LogP contribution in [-0.2, 0) is 4.74 Å². The molecule has 1 aromatic carbocycles. The average molecular weight is 291 g/mol. The first-order valence-corrected chi connectivity index (χ1v) is 7.47. The number of rotatable bonds is 2. The summed E-state index contributed by atoms with van der Waals surface area (Å²) >= 11 is 0. The van der Waals surface area contributed by atoms with Gasteiger partial charge in [-0.25, -0.2) is 0 Å². The fourth-order valence-electron chi connectivity index (χ4n) is 2.99. The minimum atomic E-state index is -0.268. The van der Waals surface area contributed by atoms with E-state index in [1.54, 1.807) is 4.90 Å². The highest BCUT2D eigenvalue weighted by atomic mass is 16.5. The Balaban J connectivity index is 2.40. The molecule has 1 amide bonds. The molecule has 4 nitrogen and oxygen atoms in total. The lowest BCUT2D eigenvalue weighted by Crippen LogP contribution is -2.47. The Morgan fingerprint density at radius 2 is 1.62 bits per heavy atom. The van der Waals surface area contributed by atoms with Crippen LogP contribution in [0.15, 0.2) is 0 Å².